The van der Waals surface area contributed by atoms with Crippen LogP contribution in [0.25, 0.3) is 0 Å². The zero-order valence-corrected chi connectivity index (χ0v) is 15.5. The summed E-state index contributed by atoms with van der Waals surface area (Å²) in [4.78, 5) is 0. The van der Waals surface area contributed by atoms with Crippen molar-refractivity contribution >= 4 is 12.8 Å². The molecule has 4 heteroatoms. The first-order chi connectivity index (χ1) is 6.49. The van der Waals surface area contributed by atoms with Crippen LogP contribution < -0.4 is 0 Å². The van der Waals surface area contributed by atoms with Gasteiger partial charge in [-0.3, -0.25) is 0 Å². The van der Waals surface area contributed by atoms with Crippen molar-refractivity contribution in [2.45, 2.75) is 59.1 Å². The van der Waals surface area contributed by atoms with E-state index in [2.05, 4.69) is 33.6 Å². The third kappa shape index (κ3) is 9.06. The van der Waals surface area contributed by atoms with E-state index >= 15 is 0 Å². The Hall–Kier alpha value is 1.32. The van der Waals surface area contributed by atoms with Gasteiger partial charge in [-0.2, -0.15) is 0 Å². The van der Waals surface area contributed by atoms with Gasteiger partial charge in [0, 0.05) is 43.7 Å². The molecule has 15 heavy (non-hydrogen) atoms. The molecule has 0 aromatic heterocycles. The smallest absolute Gasteiger partial charge is 0.0702 e. The van der Waals surface area contributed by atoms with E-state index in [1.54, 1.807) is 0 Å². The van der Waals surface area contributed by atoms with Gasteiger partial charge in [0.05, 0.1) is 6.10 Å². The minimum Gasteiger partial charge on any atom is -0.391 e. The molecule has 0 aliphatic carbocycles. The topological polar surface area (TPSA) is 23.5 Å². The summed E-state index contributed by atoms with van der Waals surface area (Å²) < 4.78 is 1.95. The second kappa shape index (κ2) is 10.5. The van der Waals surface area contributed by atoms with E-state index in [-0.39, 0.29) is 37.2 Å². The number of hydrogen-bond acceptors (Lipinski definition) is 3. The average Bonchev–Trinajstić information content (AvgIpc) is 2.49. The van der Waals surface area contributed by atoms with Gasteiger partial charge < -0.3 is 5.11 Å². The van der Waals surface area contributed by atoms with Gasteiger partial charge in [0.2, 0.25) is 0 Å². The van der Waals surface area contributed by atoms with Crippen molar-refractivity contribution < 1.29 is 36.2 Å². The minimum absolute atomic E-state index is 0. The van der Waals surface area contributed by atoms with Gasteiger partial charge in [0.1, 0.15) is 0 Å². The predicted molar refractivity (Wildman–Crippen MR) is 65.5 cm³/mol. The van der Waals surface area contributed by atoms with Crippen molar-refractivity contribution in [2.24, 2.45) is 5.92 Å². The summed E-state index contributed by atoms with van der Waals surface area (Å²) in [7, 11) is 0. The van der Waals surface area contributed by atoms with Gasteiger partial charge >= 0.3 is 0 Å². The molecule has 90 valence electrons. The molecule has 2 atom stereocenters. The van der Waals surface area contributed by atoms with E-state index < -0.39 is 0 Å². The molecule has 0 saturated carbocycles. The molecule has 1 fully saturated rings. The molecule has 1 rings (SSSR count). The van der Waals surface area contributed by atoms with Crippen LogP contribution in [0.4, 0.5) is 0 Å². The van der Waals surface area contributed by atoms with Crippen LogP contribution in [0.15, 0.2) is 0 Å². The zero-order chi connectivity index (χ0) is 11.1. The molecule has 0 aromatic rings. The summed E-state index contributed by atoms with van der Waals surface area (Å²) in [6.45, 7) is 9.52. The Morgan fingerprint density at radius 1 is 1.40 bits per heavy atom. The van der Waals surface area contributed by atoms with E-state index in [4.69, 9.17) is 0 Å². The summed E-state index contributed by atoms with van der Waals surface area (Å²) >= 11 is 4.25. The predicted octanol–water partition coefficient (Wildman–Crippen LogP) is 2.73. The van der Waals surface area contributed by atoms with E-state index in [1.165, 1.54) is 6.42 Å². The van der Waals surface area contributed by atoms with Crippen LogP contribution >= 0.6 is 12.8 Å². The van der Waals surface area contributed by atoms with Gasteiger partial charge in [0.25, 0.3) is 0 Å². The Kier molecular flexibility index (Phi) is 13.0. The maximum absolute atomic E-state index is 9.44. The number of aliphatic hydroxyl groups excluding tert-OH is 1. The maximum Gasteiger partial charge on any atom is 0.0702 e. The molecule has 2 nitrogen and oxygen atoms in total. The number of aliphatic hydroxyl groups is 1. The van der Waals surface area contributed by atoms with Gasteiger partial charge in [-0.05, 0) is 25.2 Å². The Morgan fingerprint density at radius 3 is 2.13 bits per heavy atom. The normalized spacial score (nSPS) is 23.0. The van der Waals surface area contributed by atoms with Crippen LogP contribution in [0.1, 0.15) is 47.0 Å². The first kappa shape index (κ1) is 18.7. The number of nitrogens with zero attached hydrogens (tertiary/aromatic N) is 1. The minimum atomic E-state index is -0.181. The van der Waals surface area contributed by atoms with Crippen molar-refractivity contribution in [3.05, 3.63) is 0 Å². The van der Waals surface area contributed by atoms with Gasteiger partial charge in [0.15, 0.2) is 0 Å². The van der Waals surface area contributed by atoms with E-state index in [1.807, 2.05) is 11.2 Å². The molecule has 1 aliphatic heterocycles. The van der Waals surface area contributed by atoms with Crippen LogP contribution in [-0.2, 0) is 0 Å². The van der Waals surface area contributed by atoms with Crippen molar-refractivity contribution in [3.8, 4) is 0 Å². The Balaban J connectivity index is 0. The van der Waals surface area contributed by atoms with Crippen molar-refractivity contribution in [2.75, 3.05) is 6.54 Å². The Labute approximate surface area is 124 Å². The third-order valence-electron chi connectivity index (χ3n) is 2.13. The summed E-state index contributed by atoms with van der Waals surface area (Å²) in [6, 6.07) is 0.299. The summed E-state index contributed by atoms with van der Waals surface area (Å²) in [5.41, 5.74) is 0. The van der Waals surface area contributed by atoms with Gasteiger partial charge in [-0.25, -0.2) is 4.31 Å². The molecular weight excluding hydrogens is 432 g/mol. The molecule has 1 saturated heterocycles. The Morgan fingerprint density at radius 2 is 1.87 bits per heavy atom. The van der Waals surface area contributed by atoms with E-state index in [9.17, 15) is 5.11 Å². The van der Waals surface area contributed by atoms with Gasteiger partial charge in [-0.1, -0.05) is 40.5 Å². The summed E-state index contributed by atoms with van der Waals surface area (Å²) in [5, 5.41) is 9.44. The van der Waals surface area contributed by atoms with Crippen LogP contribution in [0.3, 0.4) is 0 Å². The first-order valence-corrected chi connectivity index (χ1v) is 6.02. The fourth-order valence-electron chi connectivity index (χ4n) is 1.44. The van der Waals surface area contributed by atoms with E-state index in [0.29, 0.717) is 6.04 Å². The van der Waals surface area contributed by atoms with Crippen LogP contribution in [0, 0.1) is 37.0 Å². The molecule has 0 spiro atoms. The van der Waals surface area contributed by atoms with Crippen LogP contribution in [0.5, 0.6) is 0 Å². The second-order valence-corrected chi connectivity index (χ2v) is 5.09. The third-order valence-corrected chi connectivity index (χ3v) is 2.63. The monoisotopic (exact) mass is 457 g/mol. The van der Waals surface area contributed by atoms with Gasteiger partial charge in [-0.15, -0.1) is 0 Å². The SMILES string of the molecule is CC(C)C.CCC(O)C1CCCN1S.[U]. The average molecular weight is 457 g/mol. The molecule has 0 bridgehead atoms. The molecule has 1 aliphatic rings. The second-order valence-electron chi connectivity index (χ2n) is 4.58. The largest absolute Gasteiger partial charge is 0.391 e. The van der Waals surface area contributed by atoms with Crippen LogP contribution in [0.2, 0.25) is 0 Å². The number of hydrogen-bond donors (Lipinski definition) is 2. The molecule has 1 N–H and O–H groups in total. The number of thiol groups is 1. The van der Waals surface area contributed by atoms with Crippen molar-refractivity contribution in [1.29, 1.82) is 0 Å². The van der Waals surface area contributed by atoms with Crippen molar-refractivity contribution in [1.82, 2.24) is 4.31 Å². The fraction of sp³-hybridized carbons (Fsp3) is 1.00. The fourth-order valence-corrected chi connectivity index (χ4v) is 1.85. The summed E-state index contributed by atoms with van der Waals surface area (Å²) in [5.74, 6) is 0.833. The molecule has 0 aromatic carbocycles. The molecule has 0 amide bonds. The first-order valence-electron chi connectivity index (χ1n) is 5.62. The molecule has 1 heterocycles. The maximum atomic E-state index is 9.44. The van der Waals surface area contributed by atoms with Crippen molar-refractivity contribution in [3.63, 3.8) is 0 Å². The van der Waals surface area contributed by atoms with Crippen LogP contribution in [-0.4, -0.2) is 28.1 Å². The molecule has 0 radical (unpaired) electrons. The molecular formula is C11H25NOSU. The standard InChI is InChI=1S/C7H15NOS.C4H10.U/c1-2-7(9)6-4-3-5-8(6)10;1-4(2)3;/h6-7,9-10H,2-5H2,1H3;4H,1-3H3;. The Bertz CT molecular complexity index is 144. The zero-order valence-electron chi connectivity index (χ0n) is 10.4. The number of rotatable bonds is 2. The summed E-state index contributed by atoms with van der Waals surface area (Å²) in [6.07, 6.45) is 2.92. The quantitative estimate of drug-likeness (QED) is 0.624. The molecule has 2 unspecified atom stereocenters. The van der Waals surface area contributed by atoms with E-state index in [0.717, 1.165) is 25.3 Å².